The van der Waals surface area contributed by atoms with Gasteiger partial charge in [-0.05, 0) is 30.1 Å². The molecule has 0 aliphatic rings. The Hall–Kier alpha value is -0.870. The van der Waals surface area contributed by atoms with E-state index in [1.807, 2.05) is 6.07 Å². The Morgan fingerprint density at radius 2 is 1.80 bits per heavy atom. The lowest BCUT2D eigenvalue weighted by molar-refractivity contribution is 1.46. The molecule has 54 valence electrons. The zero-order valence-corrected chi connectivity index (χ0v) is 6.19. The molecule has 0 saturated heterocycles. The summed E-state index contributed by atoms with van der Waals surface area (Å²) in [6.07, 6.45) is 0. The van der Waals surface area contributed by atoms with E-state index in [2.05, 4.69) is 0 Å². The lowest BCUT2D eigenvalue weighted by Crippen LogP contribution is -1.94. The van der Waals surface area contributed by atoms with Gasteiger partial charge in [0.05, 0.1) is 11.4 Å². The molecule has 1 rings (SSSR count). The van der Waals surface area contributed by atoms with Crippen LogP contribution in [-0.4, -0.2) is 0 Å². The molecule has 0 aromatic heterocycles. The maximum atomic E-state index is 5.50. The summed E-state index contributed by atoms with van der Waals surface area (Å²) in [6.45, 7) is 0. The highest BCUT2D eigenvalue weighted by molar-refractivity contribution is 7.97. The number of nitrogens with two attached hydrogens (primary N) is 3. The van der Waals surface area contributed by atoms with E-state index in [0.29, 0.717) is 11.4 Å². The van der Waals surface area contributed by atoms with Crippen molar-refractivity contribution in [2.24, 2.45) is 5.14 Å². The zero-order chi connectivity index (χ0) is 7.56. The van der Waals surface area contributed by atoms with Crippen LogP contribution in [0, 0.1) is 0 Å². The van der Waals surface area contributed by atoms with E-state index in [4.69, 9.17) is 16.6 Å². The second-order valence-electron chi connectivity index (χ2n) is 1.91. The number of nitrogen functional groups attached to an aromatic ring is 2. The molecule has 0 bridgehead atoms. The average molecular weight is 155 g/mol. The molecule has 4 heteroatoms. The molecule has 6 N–H and O–H groups in total. The maximum absolute atomic E-state index is 5.50. The summed E-state index contributed by atoms with van der Waals surface area (Å²) in [7, 11) is 0. The lowest BCUT2D eigenvalue weighted by atomic mass is 10.3. The molecule has 1 aromatic rings. The summed E-state index contributed by atoms with van der Waals surface area (Å²) in [5, 5.41) is 5.29. The number of hydrogen-bond donors (Lipinski definition) is 3. The smallest absolute Gasteiger partial charge is 0.0559 e. The van der Waals surface area contributed by atoms with Gasteiger partial charge in [0.2, 0.25) is 0 Å². The number of rotatable bonds is 1. The van der Waals surface area contributed by atoms with Gasteiger partial charge in [-0.3, -0.25) is 5.14 Å². The highest BCUT2D eigenvalue weighted by Crippen LogP contribution is 2.20. The van der Waals surface area contributed by atoms with Crippen LogP contribution in [0.1, 0.15) is 0 Å². The normalized spacial score (nSPS) is 9.70. The molecule has 0 fully saturated rings. The van der Waals surface area contributed by atoms with E-state index in [9.17, 15) is 0 Å². The van der Waals surface area contributed by atoms with Crippen molar-refractivity contribution in [2.45, 2.75) is 4.90 Å². The molecule has 3 nitrogen and oxygen atoms in total. The van der Waals surface area contributed by atoms with Crippen molar-refractivity contribution in [3.63, 3.8) is 0 Å². The van der Waals surface area contributed by atoms with Gasteiger partial charge in [-0.2, -0.15) is 0 Å². The first-order valence-electron chi connectivity index (χ1n) is 2.76. The predicted octanol–water partition coefficient (Wildman–Crippen LogP) is 0.817. The Morgan fingerprint density at radius 3 is 2.30 bits per heavy atom. The number of benzene rings is 1. The fourth-order valence-electron chi connectivity index (χ4n) is 0.626. The molecule has 10 heavy (non-hydrogen) atoms. The first-order valence-corrected chi connectivity index (χ1v) is 3.63. The number of hydrogen-bond acceptors (Lipinski definition) is 4. The molecule has 0 aliphatic heterocycles. The summed E-state index contributed by atoms with van der Waals surface area (Å²) in [5.41, 5.74) is 12.1. The van der Waals surface area contributed by atoms with E-state index in [1.165, 1.54) is 0 Å². The molecule has 0 radical (unpaired) electrons. The quantitative estimate of drug-likeness (QED) is 0.414. The van der Waals surface area contributed by atoms with Gasteiger partial charge in [0.1, 0.15) is 0 Å². The van der Waals surface area contributed by atoms with E-state index < -0.39 is 0 Å². The molecular weight excluding hydrogens is 146 g/mol. The fraction of sp³-hybridized carbons (Fsp3) is 0. The monoisotopic (exact) mass is 155 g/mol. The van der Waals surface area contributed by atoms with Crippen LogP contribution in [0.3, 0.4) is 0 Å². The SMILES string of the molecule is NSc1ccc(N)c(N)c1. The molecule has 0 atom stereocenters. The zero-order valence-electron chi connectivity index (χ0n) is 5.37. The van der Waals surface area contributed by atoms with Crippen molar-refractivity contribution in [1.29, 1.82) is 0 Å². The summed E-state index contributed by atoms with van der Waals surface area (Å²) in [5.74, 6) is 0. The first kappa shape index (κ1) is 7.24. The molecule has 0 amide bonds. The third kappa shape index (κ3) is 1.34. The van der Waals surface area contributed by atoms with Crippen LogP contribution in [0.5, 0.6) is 0 Å². The molecule has 1 aromatic carbocycles. The highest BCUT2D eigenvalue weighted by Gasteiger charge is 1.94. The highest BCUT2D eigenvalue weighted by atomic mass is 32.2. The third-order valence-corrected chi connectivity index (χ3v) is 1.72. The minimum absolute atomic E-state index is 0.579. The van der Waals surface area contributed by atoms with Crippen LogP contribution in [0.2, 0.25) is 0 Å². The van der Waals surface area contributed by atoms with E-state index >= 15 is 0 Å². The second-order valence-corrected chi connectivity index (χ2v) is 2.62. The van der Waals surface area contributed by atoms with Crippen LogP contribution >= 0.6 is 11.9 Å². The molecule has 0 spiro atoms. The second kappa shape index (κ2) is 2.81. The van der Waals surface area contributed by atoms with Crippen LogP contribution in [0.15, 0.2) is 23.1 Å². The van der Waals surface area contributed by atoms with Crippen molar-refractivity contribution in [3.8, 4) is 0 Å². The fourth-order valence-corrected chi connectivity index (χ4v) is 0.968. The average Bonchev–Trinajstić information content (AvgIpc) is 1.95. The molecule has 0 heterocycles. The lowest BCUT2D eigenvalue weighted by Gasteiger charge is -2.00. The Kier molecular flexibility index (Phi) is 2.03. The van der Waals surface area contributed by atoms with Crippen LogP contribution < -0.4 is 16.6 Å². The summed E-state index contributed by atoms with van der Waals surface area (Å²) in [4.78, 5) is 0.923. The van der Waals surface area contributed by atoms with Crippen molar-refractivity contribution in [3.05, 3.63) is 18.2 Å². The Balaban J connectivity index is 3.04. The molecule has 0 aliphatic carbocycles. The van der Waals surface area contributed by atoms with E-state index in [0.717, 1.165) is 16.8 Å². The summed E-state index contributed by atoms with van der Waals surface area (Å²) in [6, 6.07) is 5.32. The first-order chi connectivity index (χ1) is 4.74. The minimum Gasteiger partial charge on any atom is -0.397 e. The van der Waals surface area contributed by atoms with Gasteiger partial charge < -0.3 is 11.5 Å². The van der Waals surface area contributed by atoms with Crippen LogP contribution in [0.4, 0.5) is 11.4 Å². The van der Waals surface area contributed by atoms with Gasteiger partial charge in [-0.15, -0.1) is 0 Å². The van der Waals surface area contributed by atoms with Gasteiger partial charge in [0, 0.05) is 4.90 Å². The Bertz CT molecular complexity index is 236. The molecular formula is C6H9N3S. The Morgan fingerprint density at radius 1 is 1.10 bits per heavy atom. The minimum atomic E-state index is 0.579. The van der Waals surface area contributed by atoms with E-state index in [1.54, 1.807) is 12.1 Å². The standard InChI is InChI=1S/C6H9N3S/c7-5-2-1-4(10-9)3-6(5)8/h1-3H,7-9H2. The van der Waals surface area contributed by atoms with Crippen molar-refractivity contribution >= 4 is 23.3 Å². The van der Waals surface area contributed by atoms with Gasteiger partial charge in [0.25, 0.3) is 0 Å². The molecule has 0 unspecified atom stereocenters. The van der Waals surface area contributed by atoms with Gasteiger partial charge in [-0.1, -0.05) is 0 Å². The van der Waals surface area contributed by atoms with Crippen LogP contribution in [0.25, 0.3) is 0 Å². The Labute approximate surface area is 63.7 Å². The van der Waals surface area contributed by atoms with Crippen molar-refractivity contribution in [1.82, 2.24) is 0 Å². The van der Waals surface area contributed by atoms with Crippen molar-refractivity contribution < 1.29 is 0 Å². The summed E-state index contributed by atoms with van der Waals surface area (Å²) < 4.78 is 0. The summed E-state index contributed by atoms with van der Waals surface area (Å²) >= 11 is 1.16. The maximum Gasteiger partial charge on any atom is 0.0559 e. The predicted molar refractivity (Wildman–Crippen MR) is 45.3 cm³/mol. The van der Waals surface area contributed by atoms with Gasteiger partial charge >= 0.3 is 0 Å². The topological polar surface area (TPSA) is 78.1 Å². The largest absolute Gasteiger partial charge is 0.397 e. The van der Waals surface area contributed by atoms with Gasteiger partial charge in [0.15, 0.2) is 0 Å². The van der Waals surface area contributed by atoms with Gasteiger partial charge in [-0.25, -0.2) is 0 Å². The van der Waals surface area contributed by atoms with Crippen molar-refractivity contribution in [2.75, 3.05) is 11.5 Å². The van der Waals surface area contributed by atoms with E-state index in [-0.39, 0.29) is 0 Å². The third-order valence-electron chi connectivity index (χ3n) is 1.19. The molecule has 0 saturated carbocycles. The number of anilines is 2. The van der Waals surface area contributed by atoms with Crippen LogP contribution in [-0.2, 0) is 0 Å².